The number of fused-ring (bicyclic) bond motifs is 8. The van der Waals surface area contributed by atoms with Crippen LogP contribution in [0.5, 0.6) is 0 Å². The monoisotopic (exact) mass is 851 g/mol. The molecule has 1 aromatic heterocycles. The second-order valence-electron chi connectivity index (χ2n) is 17.9. The van der Waals surface area contributed by atoms with Crippen molar-refractivity contribution in [2.75, 3.05) is 4.90 Å². The highest BCUT2D eigenvalue weighted by atomic mass is 28.4. The zero-order chi connectivity index (χ0) is 43.3. The van der Waals surface area contributed by atoms with Gasteiger partial charge in [0.25, 0.3) is 0 Å². The normalized spacial score (nSPS) is 14.9. The molecular formula is C58H57N3Si2. The summed E-state index contributed by atoms with van der Waals surface area (Å²) in [4.78, 5) is 12.8. The first-order chi connectivity index (χ1) is 30.9. The van der Waals surface area contributed by atoms with Gasteiger partial charge in [-0.05, 0) is 91.3 Å². The van der Waals surface area contributed by atoms with Gasteiger partial charge in [0, 0.05) is 27.0 Å². The molecule has 0 radical (unpaired) electrons. The van der Waals surface area contributed by atoms with Gasteiger partial charge in [-0.1, -0.05) is 211 Å². The molecule has 312 valence electrons. The number of rotatable bonds is 12. The molecule has 8 aromatic carbocycles. The summed E-state index contributed by atoms with van der Waals surface area (Å²) in [6, 6.07) is 71.2. The average Bonchev–Trinajstić information content (AvgIpc) is 3.67. The molecule has 10 rings (SSSR count). The second kappa shape index (κ2) is 16.2. The van der Waals surface area contributed by atoms with Gasteiger partial charge in [-0.15, -0.1) is 0 Å². The molecule has 63 heavy (non-hydrogen) atoms. The lowest BCUT2D eigenvalue weighted by atomic mass is 9.90. The minimum absolute atomic E-state index is 0.0765. The maximum Gasteiger partial charge on any atom is 0.235 e. The molecule has 0 spiro atoms. The van der Waals surface area contributed by atoms with Gasteiger partial charge >= 0.3 is 0 Å². The van der Waals surface area contributed by atoms with E-state index in [1.54, 1.807) is 11.1 Å². The zero-order valence-corrected chi connectivity index (χ0v) is 39.6. The Morgan fingerprint density at radius 2 is 1.05 bits per heavy atom. The van der Waals surface area contributed by atoms with Crippen molar-refractivity contribution in [2.24, 2.45) is 0 Å². The molecule has 0 saturated heterocycles. The fraction of sp³-hybridized carbons (Fsp3) is 0.207. The van der Waals surface area contributed by atoms with Crippen LogP contribution in [0.3, 0.4) is 0 Å². The van der Waals surface area contributed by atoms with Crippen molar-refractivity contribution in [3.8, 4) is 33.5 Å². The Hall–Kier alpha value is -6.15. The molecule has 5 heteroatoms. The fourth-order valence-electron chi connectivity index (χ4n) is 12.1. The minimum Gasteiger partial charge on any atom is -0.279 e. The molecule has 1 aliphatic rings. The van der Waals surface area contributed by atoms with E-state index >= 15 is 0 Å². The highest BCUT2D eigenvalue weighted by Gasteiger charge is 2.65. The zero-order valence-electron chi connectivity index (χ0n) is 37.6. The Kier molecular flexibility index (Phi) is 10.5. The number of nitrogens with zero attached hydrogens (tertiary/aromatic N) is 3. The number of anilines is 3. The van der Waals surface area contributed by atoms with Crippen LogP contribution in [0.25, 0.3) is 66.0 Å². The molecule has 1 aliphatic carbocycles. The second-order valence-corrected chi connectivity index (χ2v) is 29.2. The highest BCUT2D eigenvalue weighted by molar-refractivity contribution is 7.02. The largest absolute Gasteiger partial charge is 0.279 e. The summed E-state index contributed by atoms with van der Waals surface area (Å²) in [5, 5.41) is 6.57. The first-order valence-electron chi connectivity index (χ1n) is 23.2. The van der Waals surface area contributed by atoms with Gasteiger partial charge in [0.2, 0.25) is 5.95 Å². The van der Waals surface area contributed by atoms with E-state index in [-0.39, 0.29) is 4.66 Å². The third kappa shape index (κ3) is 6.11. The third-order valence-corrected chi connectivity index (χ3v) is 30.6. The SMILES string of the molecule is CC[Si](C)(CC)C1([Si](CC)(CC)CC)c2ccc3ccccc3c2-c2cc(-c3ccc(N(c4ccccc4)c4nc(-c5ccccc5)c5ccccc5n4)cc3)c3ccccc3c21. The van der Waals surface area contributed by atoms with Crippen LogP contribution in [-0.4, -0.2) is 26.1 Å². The van der Waals surface area contributed by atoms with Crippen LogP contribution < -0.4 is 4.90 Å². The van der Waals surface area contributed by atoms with Crippen LogP contribution in [0.15, 0.2) is 176 Å². The maximum absolute atomic E-state index is 5.34. The van der Waals surface area contributed by atoms with E-state index in [0.717, 1.165) is 33.5 Å². The maximum atomic E-state index is 5.34. The molecule has 0 bridgehead atoms. The molecule has 0 fully saturated rings. The Labute approximate surface area is 375 Å². The van der Waals surface area contributed by atoms with Gasteiger partial charge in [-0.25, -0.2) is 9.97 Å². The van der Waals surface area contributed by atoms with Gasteiger partial charge in [0.1, 0.15) is 0 Å². The number of para-hydroxylation sites is 2. The highest BCUT2D eigenvalue weighted by Crippen LogP contribution is 2.65. The van der Waals surface area contributed by atoms with E-state index in [4.69, 9.17) is 9.97 Å². The Bertz CT molecular complexity index is 3110. The molecule has 1 unspecified atom stereocenters. The van der Waals surface area contributed by atoms with Crippen LogP contribution in [0.4, 0.5) is 17.3 Å². The number of benzene rings is 8. The lowest BCUT2D eigenvalue weighted by Crippen LogP contribution is -2.68. The molecule has 9 aromatic rings. The Morgan fingerprint density at radius 3 is 1.71 bits per heavy atom. The molecule has 3 nitrogen and oxygen atoms in total. The van der Waals surface area contributed by atoms with Gasteiger partial charge < -0.3 is 0 Å². The van der Waals surface area contributed by atoms with Gasteiger partial charge in [-0.2, -0.15) is 0 Å². The van der Waals surface area contributed by atoms with Crippen molar-refractivity contribution in [3.63, 3.8) is 0 Å². The predicted molar refractivity (Wildman–Crippen MR) is 276 cm³/mol. The Balaban J connectivity index is 1.22. The van der Waals surface area contributed by atoms with Crippen molar-refractivity contribution in [1.82, 2.24) is 9.97 Å². The summed E-state index contributed by atoms with van der Waals surface area (Å²) < 4.78 is 0.0765. The lowest BCUT2D eigenvalue weighted by Gasteiger charge is -2.57. The molecule has 0 N–H and O–H groups in total. The van der Waals surface area contributed by atoms with Crippen molar-refractivity contribution >= 4 is 65.9 Å². The van der Waals surface area contributed by atoms with Crippen LogP contribution in [0.1, 0.15) is 45.7 Å². The first kappa shape index (κ1) is 40.9. The van der Waals surface area contributed by atoms with E-state index in [1.165, 1.54) is 74.0 Å². The molecule has 1 heterocycles. The molecule has 0 aliphatic heterocycles. The summed E-state index contributed by atoms with van der Waals surface area (Å²) in [7, 11) is -4.00. The first-order valence-corrected chi connectivity index (χ1v) is 28.8. The molecule has 0 saturated carbocycles. The van der Waals surface area contributed by atoms with Crippen molar-refractivity contribution < 1.29 is 0 Å². The third-order valence-electron chi connectivity index (χ3n) is 15.6. The van der Waals surface area contributed by atoms with Crippen molar-refractivity contribution in [3.05, 3.63) is 187 Å². The van der Waals surface area contributed by atoms with E-state index in [2.05, 4.69) is 222 Å². The molecule has 1 atom stereocenters. The van der Waals surface area contributed by atoms with Crippen LogP contribution in [0, 0.1) is 0 Å². The van der Waals surface area contributed by atoms with E-state index < -0.39 is 16.1 Å². The summed E-state index contributed by atoms with van der Waals surface area (Å²) >= 11 is 0. The average molecular weight is 852 g/mol. The van der Waals surface area contributed by atoms with Crippen molar-refractivity contribution in [1.29, 1.82) is 0 Å². The number of aromatic nitrogens is 2. The predicted octanol–water partition coefficient (Wildman–Crippen LogP) is 16.7. The van der Waals surface area contributed by atoms with Gasteiger partial charge in [0.05, 0.1) is 27.4 Å². The Morgan fingerprint density at radius 1 is 0.476 bits per heavy atom. The van der Waals surface area contributed by atoms with E-state index in [0.29, 0.717) is 5.95 Å². The minimum atomic E-state index is -2.00. The number of hydrogen-bond donors (Lipinski definition) is 0. The topological polar surface area (TPSA) is 29.0 Å². The molecule has 0 amide bonds. The summed E-state index contributed by atoms with van der Waals surface area (Å²) in [6.45, 7) is 15.5. The smallest absolute Gasteiger partial charge is 0.235 e. The summed E-state index contributed by atoms with van der Waals surface area (Å²) in [5.41, 5.74) is 13.7. The lowest BCUT2D eigenvalue weighted by molar-refractivity contribution is 0.873. The van der Waals surface area contributed by atoms with Crippen LogP contribution in [-0.2, 0) is 4.66 Å². The van der Waals surface area contributed by atoms with Crippen LogP contribution >= 0.6 is 0 Å². The summed E-state index contributed by atoms with van der Waals surface area (Å²) in [5.74, 6) is 0.642. The number of hydrogen-bond acceptors (Lipinski definition) is 3. The van der Waals surface area contributed by atoms with E-state index in [9.17, 15) is 0 Å². The standard InChI is InChI=1S/C58H57N3Si2/c1-7-62(6,8-2)58(63(9-3,10-4)11-5)52-39-36-41-24-18-19-29-46(41)54(52)51-40-50(47-30-20-21-31-48(47)55(51)58)42-34-37-45(38-35-42)61(44-27-16-13-17-28-44)57-59-53-33-23-22-32-49(53)56(60-57)43-25-14-12-15-26-43/h12-40H,7-11H2,1-6H3. The summed E-state index contributed by atoms with van der Waals surface area (Å²) in [6.07, 6.45) is 0. The van der Waals surface area contributed by atoms with Crippen molar-refractivity contribution in [2.45, 2.75) is 76.0 Å². The fourth-order valence-corrected chi connectivity index (χ4v) is 27.8. The molecular weight excluding hydrogens is 795 g/mol. The quantitative estimate of drug-likeness (QED) is 0.115. The van der Waals surface area contributed by atoms with Gasteiger partial charge in [-0.3, -0.25) is 4.90 Å². The van der Waals surface area contributed by atoms with Gasteiger partial charge in [0.15, 0.2) is 0 Å². The van der Waals surface area contributed by atoms with E-state index in [1.807, 2.05) is 0 Å². The van der Waals surface area contributed by atoms with Crippen LogP contribution in [0.2, 0.25) is 36.8 Å².